The first-order valence-electron chi connectivity index (χ1n) is 5.65. The van der Waals surface area contributed by atoms with E-state index < -0.39 is 4.92 Å². The molecule has 0 spiro atoms. The summed E-state index contributed by atoms with van der Waals surface area (Å²) in [6.45, 7) is 2.21. The molecule has 0 saturated carbocycles. The number of anilines is 2. The third-order valence-electron chi connectivity index (χ3n) is 2.33. The van der Waals surface area contributed by atoms with Gasteiger partial charge in [0.1, 0.15) is 6.33 Å². The zero-order valence-electron chi connectivity index (χ0n) is 10.4. The van der Waals surface area contributed by atoms with Gasteiger partial charge in [-0.3, -0.25) is 10.1 Å². The van der Waals surface area contributed by atoms with Gasteiger partial charge >= 0.3 is 5.69 Å². The van der Waals surface area contributed by atoms with Crippen LogP contribution in [0.25, 0.3) is 0 Å². The average molecular weight is 255 g/mol. The fraction of sp³-hybridized carbons (Fsp3) is 0.600. The molecule has 8 heteroatoms. The van der Waals surface area contributed by atoms with Gasteiger partial charge in [-0.05, 0) is 19.8 Å². The molecule has 1 unspecified atom stereocenters. The van der Waals surface area contributed by atoms with E-state index in [4.69, 9.17) is 5.11 Å². The van der Waals surface area contributed by atoms with Gasteiger partial charge in [-0.15, -0.1) is 0 Å². The minimum absolute atomic E-state index is 0.169. The molecule has 1 atom stereocenters. The second-order valence-corrected chi connectivity index (χ2v) is 3.84. The summed E-state index contributed by atoms with van der Waals surface area (Å²) in [5, 5.41) is 25.6. The highest BCUT2D eigenvalue weighted by atomic mass is 16.6. The predicted octanol–water partition coefficient (Wildman–Crippen LogP) is 0.999. The normalized spacial score (nSPS) is 11.9. The van der Waals surface area contributed by atoms with Crippen molar-refractivity contribution in [1.82, 2.24) is 9.97 Å². The third-order valence-corrected chi connectivity index (χ3v) is 2.33. The number of aromatic nitrogens is 2. The molecule has 0 bridgehead atoms. The van der Waals surface area contributed by atoms with Crippen LogP contribution >= 0.6 is 0 Å². The lowest BCUT2D eigenvalue weighted by atomic mass is 10.2. The Morgan fingerprint density at radius 2 is 2.17 bits per heavy atom. The van der Waals surface area contributed by atoms with Crippen LogP contribution in [-0.4, -0.2) is 39.7 Å². The lowest BCUT2D eigenvalue weighted by Gasteiger charge is -2.08. The molecule has 1 heterocycles. The van der Waals surface area contributed by atoms with Gasteiger partial charge in [-0.2, -0.15) is 0 Å². The van der Waals surface area contributed by atoms with Gasteiger partial charge in [0.05, 0.1) is 11.0 Å². The summed E-state index contributed by atoms with van der Waals surface area (Å²) >= 11 is 0. The highest BCUT2D eigenvalue weighted by Gasteiger charge is 2.21. The van der Waals surface area contributed by atoms with Crippen LogP contribution in [0.2, 0.25) is 0 Å². The Bertz CT molecular complexity index is 410. The van der Waals surface area contributed by atoms with E-state index in [9.17, 15) is 10.1 Å². The van der Waals surface area contributed by atoms with E-state index in [0.717, 1.165) is 0 Å². The first kappa shape index (κ1) is 14.1. The molecule has 0 aromatic carbocycles. The number of rotatable bonds is 7. The molecule has 100 valence electrons. The van der Waals surface area contributed by atoms with Gasteiger partial charge in [-0.25, -0.2) is 9.97 Å². The topological polar surface area (TPSA) is 113 Å². The molecule has 18 heavy (non-hydrogen) atoms. The van der Waals surface area contributed by atoms with Crippen molar-refractivity contribution in [1.29, 1.82) is 0 Å². The molecule has 1 aromatic rings. The molecule has 0 aliphatic carbocycles. The maximum absolute atomic E-state index is 10.9. The van der Waals surface area contributed by atoms with Gasteiger partial charge in [0.25, 0.3) is 0 Å². The second-order valence-electron chi connectivity index (χ2n) is 3.84. The van der Waals surface area contributed by atoms with E-state index in [-0.39, 0.29) is 23.4 Å². The zero-order chi connectivity index (χ0) is 13.5. The first-order chi connectivity index (χ1) is 8.56. The van der Waals surface area contributed by atoms with Gasteiger partial charge in [0.15, 0.2) is 0 Å². The van der Waals surface area contributed by atoms with Gasteiger partial charge in [0, 0.05) is 13.6 Å². The van der Waals surface area contributed by atoms with Crippen molar-refractivity contribution < 1.29 is 10.0 Å². The second kappa shape index (κ2) is 6.70. The van der Waals surface area contributed by atoms with Crippen molar-refractivity contribution in [2.45, 2.75) is 25.9 Å². The van der Waals surface area contributed by atoms with Crippen LogP contribution < -0.4 is 10.6 Å². The molecular weight excluding hydrogens is 238 g/mol. The summed E-state index contributed by atoms with van der Waals surface area (Å²) in [6, 6.07) is 0. The number of aliphatic hydroxyl groups is 1. The summed E-state index contributed by atoms with van der Waals surface area (Å²) < 4.78 is 0. The third kappa shape index (κ3) is 3.81. The zero-order valence-corrected chi connectivity index (χ0v) is 10.4. The summed E-state index contributed by atoms with van der Waals surface area (Å²) in [4.78, 5) is 18.1. The lowest BCUT2D eigenvalue weighted by Crippen LogP contribution is -2.10. The number of nitro groups is 1. The van der Waals surface area contributed by atoms with E-state index in [1.807, 2.05) is 0 Å². The van der Waals surface area contributed by atoms with Crippen LogP contribution in [0.3, 0.4) is 0 Å². The minimum atomic E-state index is -0.525. The highest BCUT2D eigenvalue weighted by Crippen LogP contribution is 2.28. The van der Waals surface area contributed by atoms with Crippen molar-refractivity contribution >= 4 is 17.3 Å². The molecule has 1 aromatic heterocycles. The Morgan fingerprint density at radius 3 is 2.72 bits per heavy atom. The van der Waals surface area contributed by atoms with E-state index >= 15 is 0 Å². The summed E-state index contributed by atoms with van der Waals surface area (Å²) in [6.07, 6.45) is 2.22. The van der Waals surface area contributed by atoms with Crippen LogP contribution in [-0.2, 0) is 0 Å². The molecule has 0 radical (unpaired) electrons. The Labute approximate surface area is 105 Å². The Kier molecular flexibility index (Phi) is 5.25. The van der Waals surface area contributed by atoms with Gasteiger partial charge in [-0.1, -0.05) is 0 Å². The van der Waals surface area contributed by atoms with Crippen molar-refractivity contribution in [2.75, 3.05) is 24.2 Å². The molecule has 0 amide bonds. The molecular formula is C10H17N5O3. The number of hydrogen-bond donors (Lipinski definition) is 3. The van der Waals surface area contributed by atoms with Crippen molar-refractivity contribution in [3.8, 4) is 0 Å². The molecule has 0 saturated heterocycles. The Balaban J connectivity index is 2.72. The monoisotopic (exact) mass is 255 g/mol. The van der Waals surface area contributed by atoms with Crippen LogP contribution in [0.5, 0.6) is 0 Å². The maximum Gasteiger partial charge on any atom is 0.353 e. The van der Waals surface area contributed by atoms with Gasteiger partial charge < -0.3 is 15.7 Å². The summed E-state index contributed by atoms with van der Waals surface area (Å²) in [7, 11) is 1.56. The molecule has 8 nitrogen and oxygen atoms in total. The Morgan fingerprint density at radius 1 is 1.50 bits per heavy atom. The fourth-order valence-corrected chi connectivity index (χ4v) is 1.47. The standard InChI is InChI=1S/C10H17N5O3/c1-7(16)4-3-5-12-10-8(15(17)18)9(11-2)13-6-14-10/h6-7,16H,3-5H2,1-2H3,(H2,11,12,13,14). The molecule has 0 aliphatic heterocycles. The molecule has 3 N–H and O–H groups in total. The van der Waals surface area contributed by atoms with Crippen molar-refractivity contribution in [2.24, 2.45) is 0 Å². The first-order valence-corrected chi connectivity index (χ1v) is 5.65. The number of nitrogens with zero attached hydrogens (tertiary/aromatic N) is 3. The number of nitrogens with one attached hydrogen (secondary N) is 2. The maximum atomic E-state index is 10.9. The lowest BCUT2D eigenvalue weighted by molar-refractivity contribution is -0.383. The molecule has 0 aliphatic rings. The van der Waals surface area contributed by atoms with E-state index in [2.05, 4.69) is 20.6 Å². The van der Waals surface area contributed by atoms with Crippen LogP contribution in [0.15, 0.2) is 6.33 Å². The SMILES string of the molecule is CNc1ncnc(NCCCC(C)O)c1[N+](=O)[O-]. The van der Waals surface area contributed by atoms with Crippen molar-refractivity contribution in [3.63, 3.8) is 0 Å². The minimum Gasteiger partial charge on any atom is -0.393 e. The van der Waals surface area contributed by atoms with Crippen LogP contribution in [0.4, 0.5) is 17.3 Å². The predicted molar refractivity (Wildman–Crippen MR) is 67.6 cm³/mol. The van der Waals surface area contributed by atoms with E-state index in [0.29, 0.717) is 19.4 Å². The largest absolute Gasteiger partial charge is 0.393 e. The van der Waals surface area contributed by atoms with E-state index in [1.54, 1.807) is 14.0 Å². The highest BCUT2D eigenvalue weighted by molar-refractivity contribution is 5.68. The van der Waals surface area contributed by atoms with Crippen molar-refractivity contribution in [3.05, 3.63) is 16.4 Å². The molecule has 1 rings (SSSR count). The number of aliphatic hydroxyl groups excluding tert-OH is 1. The van der Waals surface area contributed by atoms with E-state index in [1.165, 1.54) is 6.33 Å². The average Bonchev–Trinajstić information content (AvgIpc) is 2.33. The van der Waals surface area contributed by atoms with Gasteiger partial charge in [0.2, 0.25) is 11.6 Å². The van der Waals surface area contributed by atoms with Crippen LogP contribution in [0, 0.1) is 10.1 Å². The quantitative estimate of drug-likeness (QED) is 0.378. The molecule has 0 fully saturated rings. The summed E-state index contributed by atoms with van der Waals surface area (Å²) in [5.74, 6) is 0.359. The number of hydrogen-bond acceptors (Lipinski definition) is 7. The smallest absolute Gasteiger partial charge is 0.353 e. The van der Waals surface area contributed by atoms with Crippen LogP contribution in [0.1, 0.15) is 19.8 Å². The fourth-order valence-electron chi connectivity index (χ4n) is 1.47. The Hall–Kier alpha value is -1.96. The summed E-state index contributed by atoms with van der Waals surface area (Å²) in [5.41, 5.74) is -0.169.